The summed E-state index contributed by atoms with van der Waals surface area (Å²) in [6.07, 6.45) is 0. The van der Waals surface area contributed by atoms with E-state index in [1.807, 2.05) is 10.1 Å². The van der Waals surface area contributed by atoms with E-state index in [0.717, 1.165) is 10.9 Å². The van der Waals surface area contributed by atoms with E-state index in [1.54, 1.807) is 11.8 Å². The van der Waals surface area contributed by atoms with Crippen LogP contribution < -0.4 is 0 Å². The quantitative estimate of drug-likeness (QED) is 0.463. The van der Waals surface area contributed by atoms with Gasteiger partial charge in [0, 0.05) is 0 Å². The number of hydrazone groups is 1. The van der Waals surface area contributed by atoms with E-state index in [9.17, 15) is 0 Å². The van der Waals surface area contributed by atoms with Gasteiger partial charge in [-0.1, -0.05) is 11.8 Å². The Hall–Kier alpha value is 0.550. The third-order valence-corrected chi connectivity index (χ3v) is 2.52. The second kappa shape index (κ2) is 2.21. The number of hydrogen-bond donors (Lipinski definition) is 0. The van der Waals surface area contributed by atoms with Gasteiger partial charge in [0.2, 0.25) is 0 Å². The maximum atomic E-state index is 4.09. The fourth-order valence-electron chi connectivity index (χ4n) is 0.357. The first-order chi connectivity index (χ1) is 3.29. The zero-order valence-electron chi connectivity index (χ0n) is 3.89. The summed E-state index contributed by atoms with van der Waals surface area (Å²) in [6.45, 7) is 2.02. The Morgan fingerprint density at radius 3 is 2.86 bits per heavy atom. The van der Waals surface area contributed by atoms with E-state index >= 15 is 0 Å². The summed E-state index contributed by atoms with van der Waals surface area (Å²) in [5.41, 5.74) is 0. The molecule has 40 valence electrons. The molecule has 1 rings (SSSR count). The van der Waals surface area contributed by atoms with Crippen LogP contribution in [0.1, 0.15) is 6.92 Å². The molecule has 7 heavy (non-hydrogen) atoms. The van der Waals surface area contributed by atoms with Gasteiger partial charge < -0.3 is 0 Å². The zero-order valence-corrected chi connectivity index (χ0v) is 6.86. The van der Waals surface area contributed by atoms with Crippen LogP contribution in [0.3, 0.4) is 0 Å². The van der Waals surface area contributed by atoms with E-state index in [4.69, 9.17) is 0 Å². The van der Waals surface area contributed by atoms with Crippen LogP contribution in [0.15, 0.2) is 5.10 Å². The largest absolute Gasteiger partial charge is 0.225 e. The first-order valence-electron chi connectivity index (χ1n) is 1.90. The van der Waals surface area contributed by atoms with Gasteiger partial charge in [-0.2, -0.15) is 5.10 Å². The molecule has 0 aromatic rings. The molecule has 0 atom stereocenters. The molecule has 1 aliphatic rings. The van der Waals surface area contributed by atoms with Crippen LogP contribution >= 0.6 is 34.6 Å². The van der Waals surface area contributed by atoms with Crippen molar-refractivity contribution in [1.29, 1.82) is 0 Å². The average molecular weight is 228 g/mol. The minimum absolute atomic E-state index is 1.01. The Balaban J connectivity index is 2.50. The first kappa shape index (κ1) is 5.68. The molecule has 0 aromatic heterocycles. The predicted molar refractivity (Wildman–Crippen MR) is 41.4 cm³/mol. The third kappa shape index (κ3) is 1.49. The molecular weight excluding hydrogens is 223 g/mol. The second-order valence-electron chi connectivity index (χ2n) is 1.23. The molecule has 0 aromatic carbocycles. The van der Waals surface area contributed by atoms with Gasteiger partial charge in [0.15, 0.2) is 0 Å². The Labute approximate surface area is 60.8 Å². The van der Waals surface area contributed by atoms with Crippen LogP contribution in [0, 0.1) is 0 Å². The van der Waals surface area contributed by atoms with Crippen LogP contribution in [-0.2, 0) is 0 Å². The summed E-state index contributed by atoms with van der Waals surface area (Å²) in [5, 5.41) is 5.25. The maximum Gasteiger partial charge on any atom is 0.0981 e. The highest BCUT2D eigenvalue weighted by Crippen LogP contribution is 2.18. The predicted octanol–water partition coefficient (Wildman–Crippen LogP) is 1.68. The molecule has 0 aliphatic carbocycles. The summed E-state index contributed by atoms with van der Waals surface area (Å²) in [4.78, 5) is 0. The lowest BCUT2D eigenvalue weighted by Gasteiger charge is -1.95. The van der Waals surface area contributed by atoms with Crippen LogP contribution in [0.4, 0.5) is 0 Å². The van der Waals surface area contributed by atoms with Gasteiger partial charge in [-0.25, -0.2) is 3.22 Å². The Morgan fingerprint density at radius 2 is 2.71 bits per heavy atom. The molecule has 2 nitrogen and oxygen atoms in total. The molecular formula is C3H5IN2S. The number of hydrogen-bond acceptors (Lipinski definition) is 3. The van der Waals surface area contributed by atoms with E-state index in [0.29, 0.717) is 0 Å². The lowest BCUT2D eigenvalue weighted by Crippen LogP contribution is -1.91. The van der Waals surface area contributed by atoms with Crippen LogP contribution in [0.5, 0.6) is 0 Å². The van der Waals surface area contributed by atoms with E-state index in [-0.39, 0.29) is 0 Å². The molecule has 1 heterocycles. The molecule has 0 N–H and O–H groups in total. The highest BCUT2D eigenvalue weighted by atomic mass is 127. The zero-order chi connectivity index (χ0) is 5.28. The van der Waals surface area contributed by atoms with E-state index < -0.39 is 0 Å². The van der Waals surface area contributed by atoms with Crippen molar-refractivity contribution in [1.82, 2.24) is 3.22 Å². The number of halogens is 1. The minimum Gasteiger partial charge on any atom is -0.225 e. The third-order valence-electron chi connectivity index (χ3n) is 0.629. The van der Waals surface area contributed by atoms with E-state index in [1.165, 1.54) is 0 Å². The topological polar surface area (TPSA) is 15.6 Å². The van der Waals surface area contributed by atoms with Gasteiger partial charge in [0.05, 0.1) is 33.8 Å². The molecule has 0 bridgehead atoms. The molecule has 0 fully saturated rings. The fourth-order valence-corrected chi connectivity index (χ4v) is 1.75. The fraction of sp³-hybridized carbons (Fsp3) is 0.667. The summed E-state index contributed by atoms with van der Waals surface area (Å²) < 4.78 is 1.90. The summed E-state index contributed by atoms with van der Waals surface area (Å²) in [5.74, 6) is 1.01. The highest BCUT2D eigenvalue weighted by Gasteiger charge is 2.05. The van der Waals surface area contributed by atoms with Crippen molar-refractivity contribution in [3.05, 3.63) is 0 Å². The molecule has 4 heteroatoms. The van der Waals surface area contributed by atoms with Gasteiger partial charge in [-0.05, 0) is 6.92 Å². The Bertz CT molecular complexity index is 103. The maximum absolute atomic E-state index is 4.09. The molecule has 1 aliphatic heterocycles. The minimum atomic E-state index is 1.01. The van der Waals surface area contributed by atoms with Gasteiger partial charge in [-0.3, -0.25) is 0 Å². The average Bonchev–Trinajstić information content (AvgIpc) is 1.87. The van der Waals surface area contributed by atoms with Crippen molar-refractivity contribution < 1.29 is 0 Å². The van der Waals surface area contributed by atoms with Crippen LogP contribution in [-0.4, -0.2) is 14.1 Å². The molecule has 0 spiro atoms. The summed E-state index contributed by atoms with van der Waals surface area (Å²) >= 11 is 3.95. The normalized spacial score (nSPS) is 20.3. The van der Waals surface area contributed by atoms with E-state index in [2.05, 4.69) is 28.0 Å². The number of thioether (sulfide) groups is 1. The lowest BCUT2D eigenvalue weighted by atomic mass is 10.9. The number of nitrogens with zero attached hydrogens (tertiary/aromatic N) is 2. The molecule has 0 radical (unpaired) electrons. The van der Waals surface area contributed by atoms with Gasteiger partial charge >= 0.3 is 0 Å². The SMILES string of the molecule is CC1=NN(I)CS1. The standard InChI is InChI=1S/C3H5IN2S/c1-3-5-6(4)2-7-3/h2H2,1H3. The van der Waals surface area contributed by atoms with Crippen molar-refractivity contribution in [2.24, 2.45) is 5.10 Å². The summed E-state index contributed by atoms with van der Waals surface area (Å²) in [6, 6.07) is 0. The lowest BCUT2D eigenvalue weighted by molar-refractivity contribution is 0.657. The van der Waals surface area contributed by atoms with Gasteiger partial charge in [0.25, 0.3) is 0 Å². The monoisotopic (exact) mass is 228 g/mol. The van der Waals surface area contributed by atoms with Crippen molar-refractivity contribution in [3.63, 3.8) is 0 Å². The Kier molecular flexibility index (Phi) is 1.80. The molecule has 0 saturated heterocycles. The smallest absolute Gasteiger partial charge is 0.0981 e. The van der Waals surface area contributed by atoms with Gasteiger partial charge in [0.1, 0.15) is 0 Å². The van der Waals surface area contributed by atoms with Crippen molar-refractivity contribution in [3.8, 4) is 0 Å². The Morgan fingerprint density at radius 1 is 2.00 bits per heavy atom. The molecule has 0 saturated carbocycles. The molecule has 0 amide bonds. The van der Waals surface area contributed by atoms with Crippen LogP contribution in [0.2, 0.25) is 0 Å². The molecule has 0 unspecified atom stereocenters. The highest BCUT2D eigenvalue weighted by molar-refractivity contribution is 14.1. The van der Waals surface area contributed by atoms with Crippen molar-refractivity contribution >= 4 is 39.7 Å². The second-order valence-corrected chi connectivity index (χ2v) is 3.48. The van der Waals surface area contributed by atoms with Gasteiger partial charge in [-0.15, -0.1) is 0 Å². The van der Waals surface area contributed by atoms with Crippen molar-refractivity contribution in [2.45, 2.75) is 6.92 Å². The number of rotatable bonds is 0. The summed E-state index contributed by atoms with van der Waals surface area (Å²) in [7, 11) is 0. The van der Waals surface area contributed by atoms with Crippen molar-refractivity contribution in [2.75, 3.05) is 5.88 Å². The first-order valence-corrected chi connectivity index (χ1v) is 3.85. The van der Waals surface area contributed by atoms with Crippen LogP contribution in [0.25, 0.3) is 0 Å².